The van der Waals surface area contributed by atoms with Gasteiger partial charge in [-0.1, -0.05) is 29.8 Å². The lowest BCUT2D eigenvalue weighted by Crippen LogP contribution is -2.45. The summed E-state index contributed by atoms with van der Waals surface area (Å²) in [6, 6.07) is 8.82. The van der Waals surface area contributed by atoms with Gasteiger partial charge in [0.25, 0.3) is 0 Å². The summed E-state index contributed by atoms with van der Waals surface area (Å²) in [7, 11) is 0. The van der Waals surface area contributed by atoms with Crippen molar-refractivity contribution in [3.05, 3.63) is 35.4 Å². The minimum atomic E-state index is 0.123. The number of aryl methyl sites for hydroxylation is 1. The molecule has 1 aromatic rings. The average Bonchev–Trinajstić information content (AvgIpc) is 3.10. The van der Waals surface area contributed by atoms with E-state index in [1.165, 1.54) is 11.1 Å². The quantitative estimate of drug-likeness (QED) is 0.854. The van der Waals surface area contributed by atoms with Crippen molar-refractivity contribution >= 4 is 5.91 Å². The Bertz CT molecular complexity index is 523. The van der Waals surface area contributed by atoms with E-state index in [2.05, 4.69) is 46.7 Å². The lowest BCUT2D eigenvalue weighted by molar-refractivity contribution is -0.124. The SMILES string of the molecule is Cc1cccc(C(CNC(=O)C2CCNC2)N2CCOCC2)c1. The Morgan fingerprint density at radius 2 is 2.26 bits per heavy atom. The van der Waals surface area contributed by atoms with Gasteiger partial charge in [0.1, 0.15) is 0 Å². The highest BCUT2D eigenvalue weighted by Crippen LogP contribution is 2.22. The van der Waals surface area contributed by atoms with Crippen LogP contribution in [-0.4, -0.2) is 56.7 Å². The van der Waals surface area contributed by atoms with E-state index in [0.717, 1.165) is 45.8 Å². The summed E-state index contributed by atoms with van der Waals surface area (Å²) in [5.41, 5.74) is 2.53. The molecule has 0 radical (unpaired) electrons. The van der Waals surface area contributed by atoms with Crippen molar-refractivity contribution in [1.82, 2.24) is 15.5 Å². The summed E-state index contributed by atoms with van der Waals surface area (Å²) in [5.74, 6) is 0.304. The topological polar surface area (TPSA) is 53.6 Å². The van der Waals surface area contributed by atoms with Crippen LogP contribution in [0.25, 0.3) is 0 Å². The van der Waals surface area contributed by atoms with Crippen molar-refractivity contribution in [1.29, 1.82) is 0 Å². The number of hydrogen-bond donors (Lipinski definition) is 2. The predicted molar refractivity (Wildman–Crippen MR) is 90.3 cm³/mol. The Morgan fingerprint density at radius 3 is 2.96 bits per heavy atom. The van der Waals surface area contributed by atoms with Crippen LogP contribution in [0.3, 0.4) is 0 Å². The molecule has 0 aliphatic carbocycles. The van der Waals surface area contributed by atoms with Crippen LogP contribution in [-0.2, 0) is 9.53 Å². The van der Waals surface area contributed by atoms with E-state index in [4.69, 9.17) is 4.74 Å². The Kier molecular flexibility index (Phi) is 5.65. The smallest absolute Gasteiger partial charge is 0.224 e. The van der Waals surface area contributed by atoms with Crippen LogP contribution in [0.4, 0.5) is 0 Å². The molecule has 2 heterocycles. The van der Waals surface area contributed by atoms with Crippen LogP contribution in [0.5, 0.6) is 0 Å². The molecule has 2 aliphatic heterocycles. The first-order valence-corrected chi connectivity index (χ1v) is 8.61. The van der Waals surface area contributed by atoms with Crippen molar-refractivity contribution < 1.29 is 9.53 Å². The first kappa shape index (κ1) is 16.4. The van der Waals surface area contributed by atoms with Gasteiger partial charge in [-0.2, -0.15) is 0 Å². The van der Waals surface area contributed by atoms with Gasteiger partial charge in [-0.25, -0.2) is 0 Å². The van der Waals surface area contributed by atoms with Crippen LogP contribution < -0.4 is 10.6 Å². The van der Waals surface area contributed by atoms with Gasteiger partial charge in [0.2, 0.25) is 5.91 Å². The van der Waals surface area contributed by atoms with Crippen molar-refractivity contribution in [2.75, 3.05) is 45.9 Å². The Labute approximate surface area is 138 Å². The minimum absolute atomic E-state index is 0.123. The number of ether oxygens (including phenoxy) is 1. The molecule has 0 aromatic heterocycles. The molecule has 0 saturated carbocycles. The third-order valence-corrected chi connectivity index (χ3v) is 4.81. The molecule has 5 heteroatoms. The maximum Gasteiger partial charge on any atom is 0.224 e. The number of carbonyl (C=O) groups is 1. The molecule has 0 spiro atoms. The molecule has 0 bridgehead atoms. The summed E-state index contributed by atoms with van der Waals surface area (Å²) in [6.45, 7) is 7.90. The maximum atomic E-state index is 12.3. The number of nitrogens with one attached hydrogen (secondary N) is 2. The minimum Gasteiger partial charge on any atom is -0.379 e. The van der Waals surface area contributed by atoms with Crippen LogP contribution >= 0.6 is 0 Å². The van der Waals surface area contributed by atoms with E-state index in [0.29, 0.717) is 6.54 Å². The molecule has 1 aromatic carbocycles. The van der Waals surface area contributed by atoms with Gasteiger partial charge in [-0.3, -0.25) is 9.69 Å². The van der Waals surface area contributed by atoms with Gasteiger partial charge in [0.15, 0.2) is 0 Å². The zero-order chi connectivity index (χ0) is 16.1. The number of nitrogens with zero attached hydrogens (tertiary/aromatic N) is 1. The van der Waals surface area contributed by atoms with Crippen LogP contribution in [0.2, 0.25) is 0 Å². The second-order valence-corrected chi connectivity index (χ2v) is 6.51. The number of benzene rings is 1. The molecule has 2 atom stereocenters. The second kappa shape index (κ2) is 7.90. The standard InChI is InChI=1S/C18H27N3O2/c1-14-3-2-4-15(11-14)17(21-7-9-23-10-8-21)13-20-18(22)16-5-6-19-12-16/h2-4,11,16-17,19H,5-10,12-13H2,1H3,(H,20,22). The second-order valence-electron chi connectivity index (χ2n) is 6.51. The van der Waals surface area contributed by atoms with Crippen molar-refractivity contribution in [3.63, 3.8) is 0 Å². The Balaban J connectivity index is 1.68. The average molecular weight is 317 g/mol. The highest BCUT2D eigenvalue weighted by Gasteiger charge is 2.26. The van der Waals surface area contributed by atoms with E-state index < -0.39 is 0 Å². The largest absolute Gasteiger partial charge is 0.379 e. The number of amides is 1. The molecular weight excluding hydrogens is 290 g/mol. The maximum absolute atomic E-state index is 12.3. The fourth-order valence-electron chi connectivity index (χ4n) is 3.44. The van der Waals surface area contributed by atoms with Crippen molar-refractivity contribution in [3.8, 4) is 0 Å². The molecular formula is C18H27N3O2. The summed E-state index contributed by atoms with van der Waals surface area (Å²) >= 11 is 0. The van der Waals surface area contributed by atoms with Gasteiger partial charge in [0, 0.05) is 26.2 Å². The summed E-state index contributed by atoms with van der Waals surface area (Å²) in [4.78, 5) is 14.8. The highest BCUT2D eigenvalue weighted by atomic mass is 16.5. The lowest BCUT2D eigenvalue weighted by atomic mass is 10.0. The third-order valence-electron chi connectivity index (χ3n) is 4.81. The molecule has 2 N–H and O–H groups in total. The fraction of sp³-hybridized carbons (Fsp3) is 0.611. The van der Waals surface area contributed by atoms with Gasteiger partial charge in [-0.05, 0) is 25.5 Å². The van der Waals surface area contributed by atoms with E-state index in [1.807, 2.05) is 0 Å². The van der Waals surface area contributed by atoms with E-state index in [-0.39, 0.29) is 17.9 Å². The number of rotatable bonds is 5. The molecule has 1 amide bonds. The van der Waals surface area contributed by atoms with Gasteiger partial charge in [0.05, 0.1) is 25.2 Å². The van der Waals surface area contributed by atoms with Gasteiger partial charge < -0.3 is 15.4 Å². The molecule has 3 rings (SSSR count). The molecule has 2 fully saturated rings. The number of carbonyl (C=O) groups excluding carboxylic acids is 1. The number of morpholine rings is 1. The predicted octanol–water partition coefficient (Wildman–Crippen LogP) is 1.09. The van der Waals surface area contributed by atoms with Gasteiger partial charge in [-0.15, -0.1) is 0 Å². The molecule has 23 heavy (non-hydrogen) atoms. The molecule has 5 nitrogen and oxygen atoms in total. The molecule has 2 saturated heterocycles. The van der Waals surface area contributed by atoms with Crippen molar-refractivity contribution in [2.24, 2.45) is 5.92 Å². The Morgan fingerprint density at radius 1 is 1.43 bits per heavy atom. The molecule has 126 valence electrons. The van der Waals surface area contributed by atoms with Crippen LogP contribution in [0.15, 0.2) is 24.3 Å². The van der Waals surface area contributed by atoms with E-state index >= 15 is 0 Å². The zero-order valence-corrected chi connectivity index (χ0v) is 13.9. The van der Waals surface area contributed by atoms with Crippen LogP contribution in [0.1, 0.15) is 23.6 Å². The Hall–Kier alpha value is -1.43. The highest BCUT2D eigenvalue weighted by molar-refractivity contribution is 5.79. The zero-order valence-electron chi connectivity index (χ0n) is 13.9. The normalized spacial score (nSPS) is 23.6. The molecule has 2 aliphatic rings. The third kappa shape index (κ3) is 4.31. The summed E-state index contributed by atoms with van der Waals surface area (Å²) < 4.78 is 5.48. The monoisotopic (exact) mass is 317 g/mol. The first-order chi connectivity index (χ1) is 11.2. The molecule has 2 unspecified atom stereocenters. The lowest BCUT2D eigenvalue weighted by Gasteiger charge is -2.35. The summed E-state index contributed by atoms with van der Waals surface area (Å²) in [6.07, 6.45) is 0.943. The van der Waals surface area contributed by atoms with Crippen molar-refractivity contribution in [2.45, 2.75) is 19.4 Å². The summed E-state index contributed by atoms with van der Waals surface area (Å²) in [5, 5.41) is 6.43. The fourth-order valence-corrected chi connectivity index (χ4v) is 3.44. The van der Waals surface area contributed by atoms with E-state index in [9.17, 15) is 4.79 Å². The van der Waals surface area contributed by atoms with Gasteiger partial charge >= 0.3 is 0 Å². The number of hydrogen-bond acceptors (Lipinski definition) is 4. The first-order valence-electron chi connectivity index (χ1n) is 8.61. The van der Waals surface area contributed by atoms with Crippen LogP contribution in [0, 0.1) is 12.8 Å². The van der Waals surface area contributed by atoms with E-state index in [1.54, 1.807) is 0 Å².